The van der Waals surface area contributed by atoms with E-state index in [0.717, 1.165) is 18.4 Å². The quantitative estimate of drug-likeness (QED) is 0.0423. The van der Waals surface area contributed by atoms with E-state index in [9.17, 15) is 50.8 Å². The summed E-state index contributed by atoms with van der Waals surface area (Å²) in [5.41, 5.74) is 2.14. The van der Waals surface area contributed by atoms with E-state index in [4.69, 9.17) is 19.3 Å². The molecule has 0 aromatic heterocycles. The second-order valence-electron chi connectivity index (χ2n) is 15.4. The van der Waals surface area contributed by atoms with Crippen LogP contribution in [0.15, 0.2) is 46.6 Å². The van der Waals surface area contributed by atoms with Crippen LogP contribution in [0.2, 0.25) is 0 Å². The molecule has 1 rings (SSSR count). The normalized spacial score (nSPS) is 28.3. The summed E-state index contributed by atoms with van der Waals surface area (Å²) in [5.74, 6) is -1.49. The number of hydrogen-bond donors (Lipinski definition) is 10. The standard InChI is InChI=1S/C40H70O14/c1-11-20(2)12-21(3)13-26(8)38(54-40-37(50)36(49)35(48)31(18-42)53-40)27(9)15-24(6)32(45)22(4)14-23(5)33(46)25(7)16-28(10)39(51)52-19-30(44)34(47)29(43)17-41/h13-16,20-22,25,27,29-38,40-50H,11-12,17-19H2,1-10H3/b23-14+,24-15+,26-13+,28-16+/t20?,21?,22?,25?,27?,29?,30?,31-,32?,33?,34?,35-,36+,37+,38?,40+/m1/s1. The van der Waals surface area contributed by atoms with Crippen molar-refractivity contribution in [3.8, 4) is 0 Å². The Morgan fingerprint density at radius 2 is 1.26 bits per heavy atom. The van der Waals surface area contributed by atoms with Crippen LogP contribution in [-0.2, 0) is 19.0 Å². The van der Waals surface area contributed by atoms with Crippen LogP contribution >= 0.6 is 0 Å². The van der Waals surface area contributed by atoms with Crippen molar-refractivity contribution < 1.29 is 70.1 Å². The molecule has 1 aliphatic rings. The minimum Gasteiger partial charge on any atom is -0.459 e. The molecule has 10 N–H and O–H groups in total. The van der Waals surface area contributed by atoms with Gasteiger partial charge in [-0.3, -0.25) is 0 Å². The third kappa shape index (κ3) is 15.1. The number of ether oxygens (including phenoxy) is 3. The summed E-state index contributed by atoms with van der Waals surface area (Å²) in [5, 5.41) is 102. The van der Waals surface area contributed by atoms with E-state index in [0.29, 0.717) is 17.1 Å². The molecule has 54 heavy (non-hydrogen) atoms. The van der Waals surface area contributed by atoms with E-state index in [1.165, 1.54) is 13.0 Å². The van der Waals surface area contributed by atoms with Crippen molar-refractivity contribution in [2.45, 2.75) is 149 Å². The van der Waals surface area contributed by atoms with Crippen molar-refractivity contribution in [3.05, 3.63) is 46.6 Å². The fourth-order valence-corrected chi connectivity index (χ4v) is 6.71. The summed E-state index contributed by atoms with van der Waals surface area (Å²) in [4.78, 5) is 12.5. The van der Waals surface area contributed by atoms with E-state index in [2.05, 4.69) is 26.8 Å². The van der Waals surface area contributed by atoms with Crippen LogP contribution in [0.25, 0.3) is 0 Å². The molecule has 1 saturated heterocycles. The van der Waals surface area contributed by atoms with E-state index in [1.54, 1.807) is 33.8 Å². The number of rotatable bonds is 22. The minimum atomic E-state index is -1.71. The van der Waals surface area contributed by atoms with Gasteiger partial charge < -0.3 is 65.3 Å². The van der Waals surface area contributed by atoms with Crippen molar-refractivity contribution in [2.75, 3.05) is 19.8 Å². The van der Waals surface area contributed by atoms with Crippen LogP contribution in [0.1, 0.15) is 82.1 Å². The molecule has 0 aromatic carbocycles. The number of esters is 1. The molecule has 1 fully saturated rings. The van der Waals surface area contributed by atoms with Crippen LogP contribution < -0.4 is 0 Å². The number of aliphatic hydroxyl groups excluding tert-OH is 10. The number of carbonyl (C=O) groups is 1. The number of allylic oxidation sites excluding steroid dienone is 1. The summed E-state index contributed by atoms with van der Waals surface area (Å²) in [6, 6.07) is 0. The summed E-state index contributed by atoms with van der Waals surface area (Å²) >= 11 is 0. The first-order chi connectivity index (χ1) is 25.1. The predicted molar refractivity (Wildman–Crippen MR) is 202 cm³/mol. The molecular weight excluding hydrogens is 704 g/mol. The van der Waals surface area contributed by atoms with Gasteiger partial charge in [-0.25, -0.2) is 4.79 Å². The lowest BCUT2D eigenvalue weighted by Gasteiger charge is -2.41. The molecule has 0 aliphatic carbocycles. The first kappa shape index (κ1) is 50.0. The van der Waals surface area contributed by atoms with E-state index >= 15 is 0 Å². The van der Waals surface area contributed by atoms with Gasteiger partial charge in [0.15, 0.2) is 6.29 Å². The Kier molecular flexibility index (Phi) is 22.1. The number of aliphatic hydroxyl groups is 10. The number of hydrogen-bond acceptors (Lipinski definition) is 14. The van der Waals surface area contributed by atoms with Crippen LogP contribution in [-0.4, -0.2) is 144 Å². The SMILES string of the molecule is CCC(C)CC(C)/C=C(\C)C(O[C@@H]1O[C@H](CO)[C@@H](O)[C@H](O)[C@@H]1O)C(C)/C=C(\C)C(O)C(C)/C=C(\C)C(O)C(C)/C=C(\C)C(=O)OCC(O)C(O)C(O)CO. The maximum absolute atomic E-state index is 12.5. The van der Waals surface area contributed by atoms with Crippen molar-refractivity contribution in [2.24, 2.45) is 29.6 Å². The van der Waals surface area contributed by atoms with Gasteiger partial charge in [0.25, 0.3) is 0 Å². The maximum atomic E-state index is 12.5. The van der Waals surface area contributed by atoms with Crippen molar-refractivity contribution in [1.29, 1.82) is 0 Å². The van der Waals surface area contributed by atoms with Gasteiger partial charge in [0, 0.05) is 23.3 Å². The van der Waals surface area contributed by atoms with Gasteiger partial charge in [-0.2, -0.15) is 0 Å². The zero-order valence-electron chi connectivity index (χ0n) is 33.7. The van der Waals surface area contributed by atoms with Crippen molar-refractivity contribution in [3.63, 3.8) is 0 Å². The highest BCUT2D eigenvalue weighted by Crippen LogP contribution is 2.30. The molecule has 14 heteroatoms. The highest BCUT2D eigenvalue weighted by Gasteiger charge is 2.45. The third-order valence-electron chi connectivity index (χ3n) is 10.3. The van der Waals surface area contributed by atoms with E-state index in [-0.39, 0.29) is 17.4 Å². The lowest BCUT2D eigenvalue weighted by atomic mass is 9.87. The van der Waals surface area contributed by atoms with Gasteiger partial charge in [-0.15, -0.1) is 0 Å². The molecule has 11 unspecified atom stereocenters. The van der Waals surface area contributed by atoms with Crippen molar-refractivity contribution >= 4 is 5.97 Å². The second-order valence-corrected chi connectivity index (χ2v) is 15.4. The molecule has 0 aromatic rings. The predicted octanol–water partition coefficient (Wildman–Crippen LogP) is 1.28. The summed E-state index contributed by atoms with van der Waals surface area (Å²) in [6.07, 6.45) is -5.61. The van der Waals surface area contributed by atoms with Crippen LogP contribution in [0.5, 0.6) is 0 Å². The van der Waals surface area contributed by atoms with Gasteiger partial charge in [0.05, 0.1) is 31.5 Å². The smallest absolute Gasteiger partial charge is 0.333 e. The zero-order chi connectivity index (χ0) is 41.6. The topological polar surface area (TPSA) is 247 Å². The average molecular weight is 775 g/mol. The van der Waals surface area contributed by atoms with Crippen molar-refractivity contribution in [1.82, 2.24) is 0 Å². The van der Waals surface area contributed by atoms with Crippen LogP contribution in [0.4, 0.5) is 0 Å². The Labute approximate surface area is 321 Å². The van der Waals surface area contributed by atoms with Gasteiger partial charge in [-0.05, 0) is 62.7 Å². The van der Waals surface area contributed by atoms with E-state index < -0.39 is 105 Å². The molecule has 14 nitrogen and oxygen atoms in total. The third-order valence-corrected chi connectivity index (χ3v) is 10.3. The molecule has 0 spiro atoms. The van der Waals surface area contributed by atoms with Gasteiger partial charge in [-0.1, -0.05) is 72.3 Å². The van der Waals surface area contributed by atoms with E-state index in [1.807, 2.05) is 19.9 Å². The molecule has 16 atom stereocenters. The lowest BCUT2D eigenvalue weighted by Crippen LogP contribution is -2.60. The largest absolute Gasteiger partial charge is 0.459 e. The van der Waals surface area contributed by atoms with Gasteiger partial charge in [0.1, 0.15) is 49.3 Å². The zero-order valence-corrected chi connectivity index (χ0v) is 33.7. The first-order valence-corrected chi connectivity index (χ1v) is 19.0. The minimum absolute atomic E-state index is 0.138. The highest BCUT2D eigenvalue weighted by atomic mass is 16.7. The Balaban J connectivity index is 3.18. The summed E-state index contributed by atoms with van der Waals surface area (Å²) in [7, 11) is 0. The highest BCUT2D eigenvalue weighted by molar-refractivity contribution is 5.87. The fraction of sp³-hybridized carbons (Fsp3) is 0.775. The Morgan fingerprint density at radius 1 is 0.722 bits per heavy atom. The fourth-order valence-electron chi connectivity index (χ4n) is 6.71. The average Bonchev–Trinajstić information content (AvgIpc) is 3.13. The van der Waals surface area contributed by atoms with Crippen LogP contribution in [0.3, 0.4) is 0 Å². The number of carbonyl (C=O) groups excluding carboxylic acids is 1. The Morgan fingerprint density at radius 3 is 1.78 bits per heavy atom. The first-order valence-electron chi connectivity index (χ1n) is 19.0. The summed E-state index contributed by atoms with van der Waals surface area (Å²) in [6.45, 7) is 16.7. The molecular formula is C40H70O14. The van der Waals surface area contributed by atoms with Gasteiger partial charge in [0.2, 0.25) is 0 Å². The summed E-state index contributed by atoms with van der Waals surface area (Å²) < 4.78 is 17.0. The molecule has 0 bridgehead atoms. The molecule has 0 amide bonds. The Bertz CT molecular complexity index is 1250. The monoisotopic (exact) mass is 774 g/mol. The molecule has 314 valence electrons. The molecule has 0 saturated carbocycles. The van der Waals surface area contributed by atoms with Gasteiger partial charge >= 0.3 is 5.97 Å². The maximum Gasteiger partial charge on any atom is 0.333 e. The lowest BCUT2D eigenvalue weighted by molar-refractivity contribution is -0.310. The Hall–Kier alpha value is -2.05. The van der Waals surface area contributed by atoms with Crippen LogP contribution in [0, 0.1) is 29.6 Å². The second kappa shape index (κ2) is 23.9. The molecule has 1 aliphatic heterocycles. The molecule has 0 radical (unpaired) electrons. The molecule has 1 heterocycles.